The summed E-state index contributed by atoms with van der Waals surface area (Å²) in [4.78, 5) is 1.32. The Hall–Kier alpha value is -1.95. The fraction of sp³-hybridized carbons (Fsp3) is 0.417. The van der Waals surface area contributed by atoms with E-state index in [4.69, 9.17) is 0 Å². The van der Waals surface area contributed by atoms with Gasteiger partial charge in [0.05, 0.1) is 0 Å². The molecule has 0 atom stereocenters. The molecule has 0 unspecified atom stereocenters. The van der Waals surface area contributed by atoms with Crippen molar-refractivity contribution in [1.82, 2.24) is 0 Å². The molecule has 30 heavy (non-hydrogen) atoms. The predicted molar refractivity (Wildman–Crippen MR) is 111 cm³/mol. The molecule has 4 rings (SSSR count). The van der Waals surface area contributed by atoms with Gasteiger partial charge in [-0.15, -0.1) is 11.3 Å². The summed E-state index contributed by atoms with van der Waals surface area (Å²) in [6.45, 7) is 2.16. The van der Waals surface area contributed by atoms with Gasteiger partial charge in [-0.05, 0) is 84.7 Å². The molecule has 0 spiro atoms. The molecule has 1 fully saturated rings. The molecule has 1 aliphatic carbocycles. The van der Waals surface area contributed by atoms with Gasteiger partial charge < -0.3 is 0 Å². The number of hydrogen-bond donors (Lipinski definition) is 0. The summed E-state index contributed by atoms with van der Waals surface area (Å²) < 4.78 is 67.6. The van der Waals surface area contributed by atoms with Crippen LogP contribution in [-0.2, 0) is 12.6 Å². The molecule has 0 aliphatic heterocycles. The average Bonchev–Trinajstić information content (AvgIpc) is 3.10. The number of fused-ring (bicyclic) bond motifs is 1. The first-order valence-electron chi connectivity index (χ1n) is 10.3. The summed E-state index contributed by atoms with van der Waals surface area (Å²) in [6, 6.07) is 10.6. The first-order chi connectivity index (χ1) is 14.3. The number of aryl methyl sites for hydroxylation is 1. The largest absolute Gasteiger partial charge is 0.422 e. The van der Waals surface area contributed by atoms with Crippen LogP contribution in [0, 0.1) is 11.6 Å². The summed E-state index contributed by atoms with van der Waals surface area (Å²) in [5, 5.41) is 1.24. The van der Waals surface area contributed by atoms with Gasteiger partial charge in [-0.2, -0.15) is 13.2 Å². The third-order valence-corrected chi connectivity index (χ3v) is 7.35. The Morgan fingerprint density at radius 2 is 1.53 bits per heavy atom. The molecule has 1 heterocycles. The Labute approximate surface area is 176 Å². The second kappa shape index (κ2) is 8.29. The lowest BCUT2D eigenvalue weighted by molar-refractivity contribution is -0.142. The normalized spacial score (nSPS) is 20.1. The Bertz CT molecular complexity index is 1020. The van der Waals surface area contributed by atoms with Crippen molar-refractivity contribution in [3.8, 4) is 0 Å². The number of halogens is 5. The zero-order chi connectivity index (χ0) is 21.5. The van der Waals surface area contributed by atoms with Crippen LogP contribution in [-0.4, -0.2) is 0 Å². The monoisotopic (exact) mass is 438 g/mol. The van der Waals surface area contributed by atoms with E-state index in [1.54, 1.807) is 11.3 Å². The van der Waals surface area contributed by atoms with Crippen LogP contribution in [0.1, 0.15) is 72.4 Å². The molecular weight excluding hydrogens is 415 g/mol. The lowest BCUT2D eigenvalue weighted by Gasteiger charge is -2.28. The van der Waals surface area contributed by atoms with Crippen molar-refractivity contribution < 1.29 is 22.0 Å². The minimum Gasteiger partial charge on any atom is -0.206 e. The van der Waals surface area contributed by atoms with Crippen molar-refractivity contribution in [2.75, 3.05) is 0 Å². The minimum atomic E-state index is -5.03. The van der Waals surface area contributed by atoms with Crippen LogP contribution in [0.25, 0.3) is 10.1 Å². The lowest BCUT2D eigenvalue weighted by Crippen LogP contribution is -2.15. The van der Waals surface area contributed by atoms with Crippen LogP contribution in [0.4, 0.5) is 22.0 Å². The molecule has 0 N–H and O–H groups in total. The highest BCUT2D eigenvalue weighted by molar-refractivity contribution is 7.19. The maximum atomic E-state index is 14.0. The van der Waals surface area contributed by atoms with E-state index < -0.39 is 23.4 Å². The van der Waals surface area contributed by atoms with E-state index in [2.05, 4.69) is 31.2 Å². The van der Waals surface area contributed by atoms with E-state index >= 15 is 0 Å². The molecular formula is C24H23F5S. The smallest absolute Gasteiger partial charge is 0.206 e. The van der Waals surface area contributed by atoms with Gasteiger partial charge in [0.1, 0.15) is 17.2 Å². The second-order valence-corrected chi connectivity index (χ2v) is 9.29. The quantitative estimate of drug-likeness (QED) is 0.358. The second-order valence-electron chi connectivity index (χ2n) is 8.18. The molecule has 1 aromatic heterocycles. The first kappa shape index (κ1) is 21.3. The summed E-state index contributed by atoms with van der Waals surface area (Å²) in [6.07, 6.45) is 0.303. The Morgan fingerprint density at radius 3 is 2.13 bits per heavy atom. The topological polar surface area (TPSA) is 0 Å². The van der Waals surface area contributed by atoms with Crippen LogP contribution < -0.4 is 0 Å². The molecule has 0 nitrogen and oxygen atoms in total. The lowest BCUT2D eigenvalue weighted by atomic mass is 9.78. The van der Waals surface area contributed by atoms with Crippen LogP contribution in [0.2, 0.25) is 0 Å². The highest BCUT2D eigenvalue weighted by atomic mass is 32.1. The van der Waals surface area contributed by atoms with Crippen molar-refractivity contribution in [2.45, 2.75) is 63.5 Å². The van der Waals surface area contributed by atoms with E-state index in [-0.39, 0.29) is 5.92 Å². The van der Waals surface area contributed by atoms with E-state index in [0.29, 0.717) is 24.3 Å². The standard InChI is InChI=1S/C24H23F5S/c1-2-3-14-4-5-17-13-22(30-21(17)10-14)16-8-6-15(7-9-16)18-11-19(25)23(20(26)12-18)24(27,28)29/h4-5,10-13,15-16H,2-3,6-9H2,1H3. The van der Waals surface area contributed by atoms with E-state index in [0.717, 1.165) is 37.8 Å². The maximum absolute atomic E-state index is 14.0. The fourth-order valence-corrected chi connectivity index (χ4v) is 5.85. The molecule has 1 aliphatic rings. The van der Waals surface area contributed by atoms with Gasteiger partial charge in [-0.25, -0.2) is 8.78 Å². The molecule has 2 aromatic carbocycles. The molecule has 3 aromatic rings. The molecule has 1 saturated carbocycles. The van der Waals surface area contributed by atoms with Crippen molar-refractivity contribution in [3.63, 3.8) is 0 Å². The predicted octanol–water partition coefficient (Wildman–Crippen LogP) is 8.59. The van der Waals surface area contributed by atoms with Gasteiger partial charge >= 0.3 is 6.18 Å². The van der Waals surface area contributed by atoms with Gasteiger partial charge in [0.2, 0.25) is 0 Å². The first-order valence-corrected chi connectivity index (χ1v) is 11.2. The highest BCUT2D eigenvalue weighted by Gasteiger charge is 2.38. The van der Waals surface area contributed by atoms with E-state index in [1.807, 2.05) is 0 Å². The zero-order valence-corrected chi connectivity index (χ0v) is 17.5. The Kier molecular flexibility index (Phi) is 5.88. The van der Waals surface area contributed by atoms with Crippen LogP contribution in [0.5, 0.6) is 0 Å². The van der Waals surface area contributed by atoms with Crippen LogP contribution in [0.15, 0.2) is 36.4 Å². The van der Waals surface area contributed by atoms with Gasteiger partial charge in [0.15, 0.2) is 0 Å². The molecule has 160 valence electrons. The summed E-state index contributed by atoms with van der Waals surface area (Å²) in [5.41, 5.74) is -0.127. The highest BCUT2D eigenvalue weighted by Crippen LogP contribution is 2.45. The van der Waals surface area contributed by atoms with Crippen molar-refractivity contribution in [2.24, 2.45) is 0 Å². The molecule has 0 amide bonds. The molecule has 0 radical (unpaired) electrons. The number of benzene rings is 2. The van der Waals surface area contributed by atoms with Crippen molar-refractivity contribution >= 4 is 21.4 Å². The van der Waals surface area contributed by atoms with Gasteiger partial charge in [-0.1, -0.05) is 25.5 Å². The zero-order valence-electron chi connectivity index (χ0n) is 16.7. The Morgan fingerprint density at radius 1 is 0.900 bits per heavy atom. The molecule has 6 heteroatoms. The maximum Gasteiger partial charge on any atom is 0.422 e. The molecule has 0 bridgehead atoms. The summed E-state index contributed by atoms with van der Waals surface area (Å²) in [7, 11) is 0. The van der Waals surface area contributed by atoms with Crippen molar-refractivity contribution in [3.05, 3.63) is 69.6 Å². The summed E-state index contributed by atoms with van der Waals surface area (Å²) in [5.74, 6) is -2.77. The van der Waals surface area contributed by atoms with Crippen LogP contribution >= 0.6 is 11.3 Å². The van der Waals surface area contributed by atoms with E-state index in [1.165, 1.54) is 20.5 Å². The van der Waals surface area contributed by atoms with Gasteiger partial charge in [0, 0.05) is 9.58 Å². The average molecular weight is 439 g/mol. The number of hydrogen-bond acceptors (Lipinski definition) is 1. The minimum absolute atomic E-state index is 0.113. The fourth-order valence-electron chi connectivity index (χ4n) is 4.55. The number of thiophene rings is 1. The Balaban J connectivity index is 1.48. The van der Waals surface area contributed by atoms with E-state index in [9.17, 15) is 22.0 Å². The third kappa shape index (κ3) is 4.25. The van der Waals surface area contributed by atoms with Gasteiger partial charge in [-0.3, -0.25) is 0 Å². The number of rotatable bonds is 4. The SMILES string of the molecule is CCCc1ccc2cc(C3CCC(c4cc(F)c(C(F)(F)F)c(F)c4)CC3)sc2c1. The number of alkyl halides is 3. The summed E-state index contributed by atoms with van der Waals surface area (Å²) >= 11 is 1.81. The van der Waals surface area contributed by atoms with Crippen molar-refractivity contribution in [1.29, 1.82) is 0 Å². The third-order valence-electron chi connectivity index (χ3n) is 6.09. The van der Waals surface area contributed by atoms with Gasteiger partial charge in [0.25, 0.3) is 0 Å². The molecule has 0 saturated heterocycles. The van der Waals surface area contributed by atoms with Crippen LogP contribution in [0.3, 0.4) is 0 Å².